The van der Waals surface area contributed by atoms with Gasteiger partial charge in [-0.25, -0.2) is 4.39 Å². The van der Waals surface area contributed by atoms with Crippen LogP contribution in [0.3, 0.4) is 0 Å². The fraction of sp³-hybridized carbons (Fsp3) is 0.467. The number of hydrogen-bond acceptors (Lipinski definition) is 3. The number of aliphatic carboxylic acids is 1. The highest BCUT2D eigenvalue weighted by Gasteiger charge is 2.18. The molecular formula is C15H19FN2O2. The maximum absolute atomic E-state index is 13.0. The van der Waals surface area contributed by atoms with Gasteiger partial charge < -0.3 is 10.4 Å². The van der Waals surface area contributed by atoms with Crippen molar-refractivity contribution in [2.24, 2.45) is 5.41 Å². The van der Waals surface area contributed by atoms with Gasteiger partial charge >= 0.3 is 5.97 Å². The molecule has 0 aliphatic heterocycles. The SMILES string of the molecule is CC(C)(CCNc1ccc(F)cc1C#N)CCC(=O)O. The molecule has 108 valence electrons. The zero-order valence-corrected chi connectivity index (χ0v) is 11.7. The Hall–Kier alpha value is -2.09. The first kappa shape index (κ1) is 16.0. The second-order valence-corrected chi connectivity index (χ2v) is 5.54. The van der Waals surface area contributed by atoms with Crippen LogP contribution < -0.4 is 5.32 Å². The Bertz CT molecular complexity index is 521. The second-order valence-electron chi connectivity index (χ2n) is 5.54. The monoisotopic (exact) mass is 278 g/mol. The summed E-state index contributed by atoms with van der Waals surface area (Å²) in [6, 6.07) is 5.98. The van der Waals surface area contributed by atoms with Crippen LogP contribution in [0.2, 0.25) is 0 Å². The highest BCUT2D eigenvalue weighted by atomic mass is 19.1. The smallest absolute Gasteiger partial charge is 0.303 e. The molecule has 20 heavy (non-hydrogen) atoms. The number of halogens is 1. The largest absolute Gasteiger partial charge is 0.481 e. The van der Waals surface area contributed by atoms with Crippen LogP contribution in [0.5, 0.6) is 0 Å². The van der Waals surface area contributed by atoms with Gasteiger partial charge in [0.25, 0.3) is 0 Å². The Kier molecular flexibility index (Phi) is 5.51. The Labute approximate surface area is 118 Å². The standard InChI is InChI=1S/C15H19FN2O2/c1-15(2,6-5-14(19)20)7-8-18-13-4-3-12(16)9-11(13)10-17/h3-4,9,18H,5-8H2,1-2H3,(H,19,20). The molecule has 0 saturated carbocycles. The van der Waals surface area contributed by atoms with Crippen LogP contribution in [-0.2, 0) is 4.79 Å². The molecule has 0 atom stereocenters. The molecule has 0 amide bonds. The van der Waals surface area contributed by atoms with Crippen LogP contribution in [0.4, 0.5) is 10.1 Å². The Morgan fingerprint density at radius 3 is 2.75 bits per heavy atom. The lowest BCUT2D eigenvalue weighted by Crippen LogP contribution is -2.18. The Morgan fingerprint density at radius 1 is 1.45 bits per heavy atom. The van der Waals surface area contributed by atoms with Crippen molar-refractivity contribution >= 4 is 11.7 Å². The molecule has 1 aromatic carbocycles. The summed E-state index contributed by atoms with van der Waals surface area (Å²) < 4.78 is 13.0. The number of anilines is 1. The average Bonchev–Trinajstić information content (AvgIpc) is 2.38. The number of carboxylic acid groups (broad SMARTS) is 1. The van der Waals surface area contributed by atoms with E-state index < -0.39 is 11.8 Å². The molecule has 0 bridgehead atoms. The third kappa shape index (κ3) is 5.27. The molecule has 0 aromatic heterocycles. The van der Waals surface area contributed by atoms with E-state index in [0.717, 1.165) is 6.42 Å². The summed E-state index contributed by atoms with van der Waals surface area (Å²) in [7, 11) is 0. The van der Waals surface area contributed by atoms with Gasteiger partial charge in [-0.3, -0.25) is 4.79 Å². The minimum absolute atomic E-state index is 0.0990. The normalized spacial score (nSPS) is 10.9. The van der Waals surface area contributed by atoms with Crippen molar-refractivity contribution < 1.29 is 14.3 Å². The number of carbonyl (C=O) groups is 1. The summed E-state index contributed by atoms with van der Waals surface area (Å²) in [5, 5.41) is 20.7. The van der Waals surface area contributed by atoms with Crippen LogP contribution in [-0.4, -0.2) is 17.6 Å². The van der Waals surface area contributed by atoms with Gasteiger partial charge in [0.2, 0.25) is 0 Å². The van der Waals surface area contributed by atoms with Crippen molar-refractivity contribution in [1.29, 1.82) is 5.26 Å². The molecule has 0 radical (unpaired) electrons. The molecule has 0 unspecified atom stereocenters. The lowest BCUT2D eigenvalue weighted by Gasteiger charge is -2.24. The predicted molar refractivity (Wildman–Crippen MR) is 74.9 cm³/mol. The van der Waals surface area contributed by atoms with E-state index in [1.165, 1.54) is 18.2 Å². The molecule has 1 aromatic rings. The number of nitrogens with zero attached hydrogens (tertiary/aromatic N) is 1. The third-order valence-corrected chi connectivity index (χ3v) is 3.23. The molecule has 1 rings (SSSR count). The van der Waals surface area contributed by atoms with Gasteiger partial charge in [0, 0.05) is 13.0 Å². The molecule has 0 heterocycles. The zero-order valence-electron chi connectivity index (χ0n) is 11.7. The molecule has 0 spiro atoms. The van der Waals surface area contributed by atoms with Crippen molar-refractivity contribution in [2.45, 2.75) is 33.1 Å². The van der Waals surface area contributed by atoms with Crippen molar-refractivity contribution in [1.82, 2.24) is 0 Å². The lowest BCUT2D eigenvalue weighted by molar-refractivity contribution is -0.137. The van der Waals surface area contributed by atoms with E-state index in [1.807, 2.05) is 19.9 Å². The lowest BCUT2D eigenvalue weighted by atomic mass is 9.84. The molecule has 0 fully saturated rings. The first-order valence-corrected chi connectivity index (χ1v) is 6.49. The third-order valence-electron chi connectivity index (χ3n) is 3.23. The molecule has 5 heteroatoms. The van der Waals surface area contributed by atoms with Crippen molar-refractivity contribution in [3.05, 3.63) is 29.6 Å². The summed E-state index contributed by atoms with van der Waals surface area (Å²) in [5.41, 5.74) is 0.773. The predicted octanol–water partition coefficient (Wildman–Crippen LogP) is 3.39. The summed E-state index contributed by atoms with van der Waals surface area (Å²) in [5.74, 6) is -1.23. The van der Waals surface area contributed by atoms with E-state index in [1.54, 1.807) is 0 Å². The van der Waals surface area contributed by atoms with Gasteiger partial charge in [0.1, 0.15) is 11.9 Å². The average molecular weight is 278 g/mol. The fourth-order valence-corrected chi connectivity index (χ4v) is 1.87. The van der Waals surface area contributed by atoms with Crippen LogP contribution in [0.1, 0.15) is 38.7 Å². The van der Waals surface area contributed by atoms with Gasteiger partial charge in [-0.05, 0) is 36.5 Å². The van der Waals surface area contributed by atoms with Crippen LogP contribution >= 0.6 is 0 Å². The molecule has 2 N–H and O–H groups in total. The maximum atomic E-state index is 13.0. The number of nitriles is 1. The molecule has 0 aliphatic rings. The number of nitrogens with one attached hydrogen (secondary N) is 1. The second kappa shape index (κ2) is 6.90. The van der Waals surface area contributed by atoms with E-state index in [4.69, 9.17) is 10.4 Å². The minimum atomic E-state index is -0.795. The van der Waals surface area contributed by atoms with Gasteiger partial charge in [-0.2, -0.15) is 5.26 Å². The number of benzene rings is 1. The summed E-state index contributed by atoms with van der Waals surface area (Å²) in [6.45, 7) is 4.62. The van der Waals surface area contributed by atoms with E-state index >= 15 is 0 Å². The van der Waals surface area contributed by atoms with Crippen LogP contribution in [0.25, 0.3) is 0 Å². The van der Waals surface area contributed by atoms with E-state index in [0.29, 0.717) is 18.7 Å². The van der Waals surface area contributed by atoms with Crippen LogP contribution in [0, 0.1) is 22.6 Å². The minimum Gasteiger partial charge on any atom is -0.481 e. The summed E-state index contributed by atoms with van der Waals surface area (Å²) in [4.78, 5) is 10.6. The molecular weight excluding hydrogens is 259 g/mol. The van der Waals surface area contributed by atoms with E-state index in [2.05, 4.69) is 5.32 Å². The van der Waals surface area contributed by atoms with Gasteiger partial charge in [0.05, 0.1) is 11.3 Å². The summed E-state index contributed by atoms with van der Waals surface area (Å²) >= 11 is 0. The first-order chi connectivity index (χ1) is 9.34. The van der Waals surface area contributed by atoms with Crippen LogP contribution in [0.15, 0.2) is 18.2 Å². The molecule has 4 nitrogen and oxygen atoms in total. The van der Waals surface area contributed by atoms with Gasteiger partial charge in [-0.15, -0.1) is 0 Å². The summed E-state index contributed by atoms with van der Waals surface area (Å²) in [6.07, 6.45) is 1.51. The zero-order chi connectivity index (χ0) is 15.2. The topological polar surface area (TPSA) is 73.1 Å². The molecule has 0 aliphatic carbocycles. The van der Waals surface area contributed by atoms with Gasteiger partial charge in [0.15, 0.2) is 0 Å². The van der Waals surface area contributed by atoms with E-state index in [9.17, 15) is 9.18 Å². The first-order valence-electron chi connectivity index (χ1n) is 6.49. The van der Waals surface area contributed by atoms with Gasteiger partial charge in [-0.1, -0.05) is 13.8 Å². The molecule has 0 saturated heterocycles. The number of rotatable bonds is 7. The number of hydrogen-bond donors (Lipinski definition) is 2. The maximum Gasteiger partial charge on any atom is 0.303 e. The Balaban J connectivity index is 2.52. The van der Waals surface area contributed by atoms with Crippen molar-refractivity contribution in [2.75, 3.05) is 11.9 Å². The fourth-order valence-electron chi connectivity index (χ4n) is 1.87. The van der Waals surface area contributed by atoms with Crippen molar-refractivity contribution in [3.63, 3.8) is 0 Å². The number of carboxylic acids is 1. The Morgan fingerprint density at radius 2 is 2.15 bits per heavy atom. The quantitative estimate of drug-likeness (QED) is 0.801. The van der Waals surface area contributed by atoms with Crippen molar-refractivity contribution in [3.8, 4) is 6.07 Å². The van der Waals surface area contributed by atoms with E-state index in [-0.39, 0.29) is 17.4 Å². The highest BCUT2D eigenvalue weighted by molar-refractivity contribution is 5.66. The highest BCUT2D eigenvalue weighted by Crippen LogP contribution is 2.27.